The van der Waals surface area contributed by atoms with E-state index in [0.717, 1.165) is 23.4 Å². The SMILES string of the molecule is CCC(C)Nc1ccc(NC(=O)CCc2ccc(OC)c(OC)c2)cc1. The number of carbonyl (C=O) groups excluding carboxylic acids is 1. The van der Waals surface area contributed by atoms with E-state index in [0.29, 0.717) is 30.4 Å². The molecule has 0 heterocycles. The van der Waals surface area contributed by atoms with Crippen LogP contribution in [0.1, 0.15) is 32.3 Å². The van der Waals surface area contributed by atoms with Crippen LogP contribution in [0.3, 0.4) is 0 Å². The van der Waals surface area contributed by atoms with E-state index in [2.05, 4.69) is 24.5 Å². The van der Waals surface area contributed by atoms with Gasteiger partial charge in [0.2, 0.25) is 5.91 Å². The van der Waals surface area contributed by atoms with Crippen molar-refractivity contribution in [3.8, 4) is 11.5 Å². The van der Waals surface area contributed by atoms with E-state index in [4.69, 9.17) is 9.47 Å². The van der Waals surface area contributed by atoms with Crippen molar-refractivity contribution < 1.29 is 14.3 Å². The van der Waals surface area contributed by atoms with Gasteiger partial charge in [0.25, 0.3) is 0 Å². The van der Waals surface area contributed by atoms with Crippen molar-refractivity contribution >= 4 is 17.3 Å². The fraction of sp³-hybridized carbons (Fsp3) is 0.381. The lowest BCUT2D eigenvalue weighted by molar-refractivity contribution is -0.116. The Labute approximate surface area is 155 Å². The summed E-state index contributed by atoms with van der Waals surface area (Å²) in [5.41, 5.74) is 2.89. The van der Waals surface area contributed by atoms with E-state index in [9.17, 15) is 4.79 Å². The van der Waals surface area contributed by atoms with Crippen molar-refractivity contribution in [2.45, 2.75) is 39.2 Å². The number of aryl methyl sites for hydroxylation is 1. The number of hydrogen-bond acceptors (Lipinski definition) is 4. The number of carbonyl (C=O) groups is 1. The van der Waals surface area contributed by atoms with Crippen LogP contribution in [0.5, 0.6) is 11.5 Å². The fourth-order valence-electron chi connectivity index (χ4n) is 2.55. The molecule has 26 heavy (non-hydrogen) atoms. The summed E-state index contributed by atoms with van der Waals surface area (Å²) in [6.07, 6.45) is 2.11. The van der Waals surface area contributed by atoms with E-state index in [-0.39, 0.29) is 5.91 Å². The van der Waals surface area contributed by atoms with Gasteiger partial charge in [-0.3, -0.25) is 4.79 Å². The number of amides is 1. The first-order valence-electron chi connectivity index (χ1n) is 8.93. The third-order valence-electron chi connectivity index (χ3n) is 4.28. The van der Waals surface area contributed by atoms with Crippen molar-refractivity contribution in [2.75, 3.05) is 24.9 Å². The summed E-state index contributed by atoms with van der Waals surface area (Å²) >= 11 is 0. The fourth-order valence-corrected chi connectivity index (χ4v) is 2.55. The number of anilines is 2. The minimum atomic E-state index is -0.0116. The molecule has 0 aliphatic carbocycles. The molecule has 2 N–H and O–H groups in total. The topological polar surface area (TPSA) is 59.6 Å². The van der Waals surface area contributed by atoms with Gasteiger partial charge in [0.05, 0.1) is 14.2 Å². The van der Waals surface area contributed by atoms with Crippen LogP contribution in [0.15, 0.2) is 42.5 Å². The molecule has 0 bridgehead atoms. The summed E-state index contributed by atoms with van der Waals surface area (Å²) < 4.78 is 10.5. The minimum absolute atomic E-state index is 0.0116. The lowest BCUT2D eigenvalue weighted by atomic mass is 10.1. The van der Waals surface area contributed by atoms with Crippen LogP contribution in [-0.2, 0) is 11.2 Å². The predicted octanol–water partition coefficient (Wildman–Crippen LogP) is 4.49. The monoisotopic (exact) mass is 356 g/mol. The molecule has 2 aromatic carbocycles. The predicted molar refractivity (Wildman–Crippen MR) is 106 cm³/mol. The van der Waals surface area contributed by atoms with Crippen molar-refractivity contribution in [1.82, 2.24) is 0 Å². The van der Waals surface area contributed by atoms with Gasteiger partial charge in [-0.25, -0.2) is 0 Å². The highest BCUT2D eigenvalue weighted by molar-refractivity contribution is 5.91. The molecule has 0 aliphatic rings. The molecule has 0 radical (unpaired) electrons. The molecule has 0 fully saturated rings. The molecule has 0 saturated heterocycles. The van der Waals surface area contributed by atoms with Crippen molar-refractivity contribution in [3.63, 3.8) is 0 Å². The minimum Gasteiger partial charge on any atom is -0.493 e. The lowest BCUT2D eigenvalue weighted by Gasteiger charge is -2.13. The number of nitrogens with one attached hydrogen (secondary N) is 2. The van der Waals surface area contributed by atoms with Crippen molar-refractivity contribution in [3.05, 3.63) is 48.0 Å². The number of rotatable bonds is 9. The van der Waals surface area contributed by atoms with Gasteiger partial charge in [0, 0.05) is 23.8 Å². The van der Waals surface area contributed by atoms with Crippen LogP contribution in [-0.4, -0.2) is 26.2 Å². The average molecular weight is 356 g/mol. The number of hydrogen-bond donors (Lipinski definition) is 2. The standard InChI is InChI=1S/C21H28N2O3/c1-5-15(2)22-17-8-10-18(11-9-17)23-21(24)13-7-16-6-12-19(25-3)20(14-16)26-4/h6,8-12,14-15,22H,5,7,13H2,1-4H3,(H,23,24). The molecule has 5 nitrogen and oxygen atoms in total. The van der Waals surface area contributed by atoms with Gasteiger partial charge < -0.3 is 20.1 Å². The highest BCUT2D eigenvalue weighted by atomic mass is 16.5. The van der Waals surface area contributed by atoms with Crippen LogP contribution in [0, 0.1) is 0 Å². The van der Waals surface area contributed by atoms with E-state index in [1.54, 1.807) is 14.2 Å². The zero-order valence-electron chi connectivity index (χ0n) is 16.0. The third kappa shape index (κ3) is 5.69. The third-order valence-corrected chi connectivity index (χ3v) is 4.28. The Morgan fingerprint density at radius 1 is 1.00 bits per heavy atom. The molecule has 2 aromatic rings. The molecule has 5 heteroatoms. The maximum absolute atomic E-state index is 12.2. The molecule has 0 spiro atoms. The second kappa shape index (κ2) is 9.70. The number of methoxy groups -OCH3 is 2. The summed E-state index contributed by atoms with van der Waals surface area (Å²) in [5.74, 6) is 1.35. The van der Waals surface area contributed by atoms with Crippen LogP contribution >= 0.6 is 0 Å². The Morgan fingerprint density at radius 3 is 2.27 bits per heavy atom. The van der Waals surface area contributed by atoms with Crippen molar-refractivity contribution in [1.29, 1.82) is 0 Å². The zero-order valence-corrected chi connectivity index (χ0v) is 16.0. The van der Waals surface area contributed by atoms with Crippen LogP contribution in [0.4, 0.5) is 11.4 Å². The Bertz CT molecular complexity index is 714. The summed E-state index contributed by atoms with van der Waals surface area (Å²) in [7, 11) is 3.21. The highest BCUT2D eigenvalue weighted by Gasteiger charge is 2.08. The van der Waals surface area contributed by atoms with Crippen molar-refractivity contribution in [2.24, 2.45) is 0 Å². The first kappa shape index (κ1) is 19.6. The molecule has 1 amide bonds. The number of benzene rings is 2. The lowest BCUT2D eigenvalue weighted by Crippen LogP contribution is -2.14. The molecule has 1 unspecified atom stereocenters. The molecule has 140 valence electrons. The Hall–Kier alpha value is -2.69. The van der Waals surface area contributed by atoms with E-state index >= 15 is 0 Å². The molecular formula is C21H28N2O3. The summed E-state index contributed by atoms with van der Waals surface area (Å²) in [5, 5.41) is 6.34. The summed E-state index contributed by atoms with van der Waals surface area (Å²) in [4.78, 5) is 12.2. The second-order valence-electron chi connectivity index (χ2n) is 6.27. The largest absolute Gasteiger partial charge is 0.493 e. The van der Waals surface area contributed by atoms with E-state index < -0.39 is 0 Å². The smallest absolute Gasteiger partial charge is 0.224 e. The van der Waals surface area contributed by atoms with Crippen LogP contribution < -0.4 is 20.1 Å². The van der Waals surface area contributed by atoms with Crippen LogP contribution in [0.2, 0.25) is 0 Å². The van der Waals surface area contributed by atoms with Gasteiger partial charge in [-0.15, -0.1) is 0 Å². The summed E-state index contributed by atoms with van der Waals surface area (Å²) in [6.45, 7) is 4.29. The Morgan fingerprint density at radius 2 is 1.65 bits per heavy atom. The van der Waals surface area contributed by atoms with Gasteiger partial charge in [-0.05, 0) is 61.7 Å². The number of ether oxygens (including phenoxy) is 2. The average Bonchev–Trinajstić information content (AvgIpc) is 2.67. The van der Waals surface area contributed by atoms with E-state index in [1.165, 1.54) is 0 Å². The molecular weight excluding hydrogens is 328 g/mol. The molecule has 2 rings (SSSR count). The molecule has 1 atom stereocenters. The Kier molecular flexibility index (Phi) is 7.33. The van der Waals surface area contributed by atoms with Gasteiger partial charge in [-0.2, -0.15) is 0 Å². The van der Waals surface area contributed by atoms with Gasteiger partial charge in [0.1, 0.15) is 0 Å². The molecule has 0 saturated carbocycles. The Balaban J connectivity index is 1.87. The quantitative estimate of drug-likeness (QED) is 0.695. The first-order valence-corrected chi connectivity index (χ1v) is 8.93. The van der Waals surface area contributed by atoms with Gasteiger partial charge >= 0.3 is 0 Å². The maximum atomic E-state index is 12.2. The molecule has 0 aliphatic heterocycles. The normalized spacial score (nSPS) is 11.5. The first-order chi connectivity index (χ1) is 12.5. The van der Waals surface area contributed by atoms with Gasteiger partial charge in [0.15, 0.2) is 11.5 Å². The zero-order chi connectivity index (χ0) is 18.9. The van der Waals surface area contributed by atoms with Crippen LogP contribution in [0.25, 0.3) is 0 Å². The highest BCUT2D eigenvalue weighted by Crippen LogP contribution is 2.28. The molecule has 0 aromatic heterocycles. The second-order valence-corrected chi connectivity index (χ2v) is 6.27. The maximum Gasteiger partial charge on any atom is 0.224 e. The van der Waals surface area contributed by atoms with E-state index in [1.807, 2.05) is 42.5 Å². The van der Waals surface area contributed by atoms with Gasteiger partial charge in [-0.1, -0.05) is 13.0 Å². The summed E-state index contributed by atoms with van der Waals surface area (Å²) in [6, 6.07) is 13.9.